The highest BCUT2D eigenvalue weighted by Crippen LogP contribution is 2.26. The first-order valence-electron chi connectivity index (χ1n) is 5.50. The van der Waals surface area contributed by atoms with Gasteiger partial charge in [0.15, 0.2) is 0 Å². The Balaban J connectivity index is 2.37. The summed E-state index contributed by atoms with van der Waals surface area (Å²) in [6, 6.07) is 0.545. The van der Waals surface area contributed by atoms with Crippen molar-refractivity contribution in [1.82, 2.24) is 10.7 Å². The molecule has 0 aromatic rings. The fraction of sp³-hybridized carbons (Fsp3) is 0.900. The van der Waals surface area contributed by atoms with E-state index in [0.717, 1.165) is 5.92 Å². The lowest BCUT2D eigenvalue weighted by molar-refractivity contribution is 0.298. The molecule has 82 valence electrons. The van der Waals surface area contributed by atoms with Gasteiger partial charge in [-0.1, -0.05) is 26.2 Å². The van der Waals surface area contributed by atoms with E-state index < -0.39 is 0 Å². The zero-order valence-corrected chi connectivity index (χ0v) is 9.21. The molecule has 0 aromatic heterocycles. The second-order valence-electron chi connectivity index (χ2n) is 4.00. The molecule has 1 rings (SSSR count). The third-order valence-electron chi connectivity index (χ3n) is 3.06. The Bertz CT molecular complexity index is 191. The molecular weight excluding hydrogens is 176 g/mol. The third-order valence-corrected chi connectivity index (χ3v) is 3.06. The van der Waals surface area contributed by atoms with E-state index in [-0.39, 0.29) is 0 Å². The van der Waals surface area contributed by atoms with Gasteiger partial charge in [-0.15, -0.1) is 0 Å². The molecule has 0 radical (unpaired) electrons. The zero-order valence-electron chi connectivity index (χ0n) is 9.21. The van der Waals surface area contributed by atoms with E-state index in [4.69, 9.17) is 5.84 Å². The maximum Gasteiger partial charge on any atom is 0.205 e. The summed E-state index contributed by atoms with van der Waals surface area (Å²) in [7, 11) is 1.74. The number of nitrogens with zero attached hydrogens (tertiary/aromatic N) is 1. The van der Waals surface area contributed by atoms with Crippen molar-refractivity contribution in [2.75, 3.05) is 7.05 Å². The van der Waals surface area contributed by atoms with Crippen molar-refractivity contribution in [3.63, 3.8) is 0 Å². The van der Waals surface area contributed by atoms with E-state index in [2.05, 4.69) is 22.7 Å². The Morgan fingerprint density at radius 3 is 2.86 bits per heavy atom. The molecule has 0 heterocycles. The number of hydrogen-bond donors (Lipinski definition) is 3. The van der Waals surface area contributed by atoms with Gasteiger partial charge in [0, 0.05) is 13.1 Å². The summed E-state index contributed by atoms with van der Waals surface area (Å²) in [5.41, 5.74) is 2.57. The minimum atomic E-state index is 0.545. The van der Waals surface area contributed by atoms with Crippen LogP contribution in [-0.4, -0.2) is 19.0 Å². The van der Waals surface area contributed by atoms with Gasteiger partial charge in [0.2, 0.25) is 5.96 Å². The maximum atomic E-state index is 5.32. The van der Waals surface area contributed by atoms with Gasteiger partial charge < -0.3 is 5.32 Å². The van der Waals surface area contributed by atoms with E-state index in [1.807, 2.05) is 0 Å². The number of nitrogens with two attached hydrogens (primary N) is 1. The van der Waals surface area contributed by atoms with Crippen LogP contribution < -0.4 is 16.6 Å². The predicted molar refractivity (Wildman–Crippen MR) is 59.9 cm³/mol. The first-order chi connectivity index (χ1) is 6.80. The SMILES string of the molecule is CCC1CCCC(NC(=NC)NN)C1. The van der Waals surface area contributed by atoms with Crippen LogP contribution in [0, 0.1) is 5.92 Å². The standard InChI is InChI=1S/C10H22N4/c1-3-8-5-4-6-9(7-8)13-10(12-2)14-11/h8-9H,3-7,11H2,1-2H3,(H2,12,13,14). The van der Waals surface area contributed by atoms with Crippen molar-refractivity contribution in [1.29, 1.82) is 0 Å². The van der Waals surface area contributed by atoms with Crippen LogP contribution in [0.4, 0.5) is 0 Å². The van der Waals surface area contributed by atoms with Crippen LogP contribution in [0.1, 0.15) is 39.0 Å². The van der Waals surface area contributed by atoms with Crippen molar-refractivity contribution in [3.05, 3.63) is 0 Å². The van der Waals surface area contributed by atoms with Crippen LogP contribution in [0.15, 0.2) is 4.99 Å². The van der Waals surface area contributed by atoms with Gasteiger partial charge in [-0.25, -0.2) is 5.84 Å². The van der Waals surface area contributed by atoms with E-state index in [9.17, 15) is 0 Å². The second kappa shape index (κ2) is 5.86. The van der Waals surface area contributed by atoms with Crippen LogP contribution in [0.3, 0.4) is 0 Å². The van der Waals surface area contributed by atoms with Crippen LogP contribution in [0.2, 0.25) is 0 Å². The van der Waals surface area contributed by atoms with Crippen LogP contribution >= 0.6 is 0 Å². The minimum Gasteiger partial charge on any atom is -0.353 e. The normalized spacial score (nSPS) is 28.6. The van der Waals surface area contributed by atoms with Crippen molar-refractivity contribution in [2.45, 2.75) is 45.1 Å². The molecular formula is C10H22N4. The molecule has 0 spiro atoms. The lowest BCUT2D eigenvalue weighted by atomic mass is 9.84. The van der Waals surface area contributed by atoms with Crippen molar-refractivity contribution in [2.24, 2.45) is 16.8 Å². The molecule has 0 aliphatic heterocycles. The van der Waals surface area contributed by atoms with Crippen LogP contribution in [0.5, 0.6) is 0 Å². The Hall–Kier alpha value is -0.770. The largest absolute Gasteiger partial charge is 0.353 e. The molecule has 1 aliphatic carbocycles. The van der Waals surface area contributed by atoms with E-state index in [0.29, 0.717) is 12.0 Å². The number of hydrogen-bond acceptors (Lipinski definition) is 2. The Labute approximate surface area is 86.3 Å². The molecule has 4 N–H and O–H groups in total. The average molecular weight is 198 g/mol. The minimum absolute atomic E-state index is 0.545. The van der Waals surface area contributed by atoms with Gasteiger partial charge in [-0.3, -0.25) is 10.4 Å². The monoisotopic (exact) mass is 198 g/mol. The fourth-order valence-electron chi connectivity index (χ4n) is 2.16. The Morgan fingerprint density at radius 1 is 1.50 bits per heavy atom. The van der Waals surface area contributed by atoms with Crippen LogP contribution in [0.25, 0.3) is 0 Å². The highest BCUT2D eigenvalue weighted by atomic mass is 15.3. The summed E-state index contributed by atoms with van der Waals surface area (Å²) in [4.78, 5) is 4.02. The number of nitrogens with one attached hydrogen (secondary N) is 2. The predicted octanol–water partition coefficient (Wildman–Crippen LogP) is 0.994. The molecule has 2 unspecified atom stereocenters. The van der Waals surface area contributed by atoms with Crippen molar-refractivity contribution < 1.29 is 0 Å². The molecule has 1 aliphatic rings. The summed E-state index contributed by atoms with van der Waals surface area (Å²) < 4.78 is 0. The zero-order chi connectivity index (χ0) is 10.4. The molecule has 1 saturated carbocycles. The lowest BCUT2D eigenvalue weighted by Gasteiger charge is -2.29. The molecule has 4 nitrogen and oxygen atoms in total. The summed E-state index contributed by atoms with van der Waals surface area (Å²) >= 11 is 0. The maximum absolute atomic E-state index is 5.32. The Kier molecular flexibility index (Phi) is 4.73. The van der Waals surface area contributed by atoms with Crippen LogP contribution in [-0.2, 0) is 0 Å². The molecule has 0 bridgehead atoms. The molecule has 0 amide bonds. The third kappa shape index (κ3) is 3.18. The van der Waals surface area contributed by atoms with Gasteiger partial charge in [0.05, 0.1) is 0 Å². The summed E-state index contributed by atoms with van der Waals surface area (Å²) in [5, 5.41) is 3.33. The van der Waals surface area contributed by atoms with E-state index in [1.165, 1.54) is 32.1 Å². The number of aliphatic imine (C=N–C) groups is 1. The fourth-order valence-corrected chi connectivity index (χ4v) is 2.16. The molecule has 0 saturated heterocycles. The smallest absolute Gasteiger partial charge is 0.205 e. The first-order valence-corrected chi connectivity index (χ1v) is 5.50. The molecule has 1 fully saturated rings. The number of rotatable bonds is 2. The Morgan fingerprint density at radius 2 is 2.29 bits per heavy atom. The summed E-state index contributed by atoms with van der Waals surface area (Å²) in [5.74, 6) is 6.90. The number of guanidine groups is 1. The van der Waals surface area contributed by atoms with E-state index in [1.54, 1.807) is 7.05 Å². The molecule has 4 heteroatoms. The summed E-state index contributed by atoms with van der Waals surface area (Å²) in [6.45, 7) is 2.27. The highest BCUT2D eigenvalue weighted by molar-refractivity contribution is 5.79. The van der Waals surface area contributed by atoms with Gasteiger partial charge >= 0.3 is 0 Å². The van der Waals surface area contributed by atoms with Crippen molar-refractivity contribution >= 4 is 5.96 Å². The van der Waals surface area contributed by atoms with Gasteiger partial charge in [-0.05, 0) is 18.8 Å². The quantitative estimate of drug-likeness (QED) is 0.268. The average Bonchev–Trinajstić information content (AvgIpc) is 2.26. The van der Waals surface area contributed by atoms with Gasteiger partial charge in [-0.2, -0.15) is 0 Å². The second-order valence-corrected chi connectivity index (χ2v) is 4.00. The molecule has 0 aromatic carbocycles. The summed E-state index contributed by atoms with van der Waals surface area (Å²) in [6.07, 6.45) is 6.46. The van der Waals surface area contributed by atoms with Crippen molar-refractivity contribution in [3.8, 4) is 0 Å². The lowest BCUT2D eigenvalue weighted by Crippen LogP contribution is -2.47. The van der Waals surface area contributed by atoms with E-state index >= 15 is 0 Å². The first kappa shape index (κ1) is 11.3. The molecule has 2 atom stereocenters. The van der Waals surface area contributed by atoms with Gasteiger partial charge in [0.1, 0.15) is 0 Å². The molecule has 14 heavy (non-hydrogen) atoms. The van der Waals surface area contributed by atoms with Gasteiger partial charge in [0.25, 0.3) is 0 Å². The number of hydrazine groups is 1. The highest BCUT2D eigenvalue weighted by Gasteiger charge is 2.20. The topological polar surface area (TPSA) is 62.4 Å².